The van der Waals surface area contributed by atoms with Gasteiger partial charge in [-0.15, -0.1) is 11.3 Å². The van der Waals surface area contributed by atoms with E-state index in [1.54, 1.807) is 12.3 Å². The van der Waals surface area contributed by atoms with Gasteiger partial charge >= 0.3 is 0 Å². The van der Waals surface area contributed by atoms with E-state index in [0.29, 0.717) is 28.2 Å². The second-order valence-electron chi connectivity index (χ2n) is 7.23. The number of amidine groups is 1. The number of hydrogen-bond acceptors (Lipinski definition) is 7. The summed E-state index contributed by atoms with van der Waals surface area (Å²) in [5.41, 5.74) is 7.65. The number of fused-ring (bicyclic) bond motifs is 1. The zero-order valence-electron chi connectivity index (χ0n) is 15.7. The molecule has 0 fully saturated rings. The lowest BCUT2D eigenvalue weighted by atomic mass is 9.93. The molecule has 0 spiro atoms. The van der Waals surface area contributed by atoms with Crippen molar-refractivity contribution in [1.82, 2.24) is 9.97 Å². The molecule has 28 heavy (non-hydrogen) atoms. The number of nitrogens with one attached hydrogen (secondary N) is 1. The van der Waals surface area contributed by atoms with Crippen LogP contribution in [0.3, 0.4) is 0 Å². The van der Waals surface area contributed by atoms with Crippen LogP contribution in [0.25, 0.3) is 6.08 Å². The Hall–Kier alpha value is -2.45. The maximum atomic E-state index is 12.7. The number of thiazole rings is 1. The minimum absolute atomic E-state index is 0.214. The Balaban J connectivity index is 1.57. The fourth-order valence-corrected chi connectivity index (χ4v) is 5.32. The minimum atomic E-state index is -0.590. The molecule has 1 aliphatic carbocycles. The lowest BCUT2D eigenvalue weighted by Gasteiger charge is -2.30. The summed E-state index contributed by atoms with van der Waals surface area (Å²) in [6, 6.07) is 3.61. The standard InChI is InChI=1S/C20H21N5OS2/c1-11-5-4-6-14-16(11)28-18(24-14)17(26)23-13-7-8-22-15(9-13)20(3)10-12(2)27-19(21)25-20/h4,6-9,11H,2,5,10H2,1,3H3,(H2,21,25)(H,22,23,26). The van der Waals surface area contributed by atoms with Gasteiger partial charge in [-0.05, 0) is 42.4 Å². The Morgan fingerprint density at radius 2 is 2.29 bits per heavy atom. The second kappa shape index (κ2) is 7.18. The van der Waals surface area contributed by atoms with Gasteiger partial charge in [-0.2, -0.15) is 0 Å². The molecule has 0 aromatic carbocycles. The summed E-state index contributed by atoms with van der Waals surface area (Å²) in [6.45, 7) is 8.15. The molecule has 3 heterocycles. The number of aromatic nitrogens is 2. The van der Waals surface area contributed by atoms with Gasteiger partial charge in [0.05, 0.1) is 11.4 Å². The van der Waals surface area contributed by atoms with Gasteiger partial charge in [0.25, 0.3) is 5.91 Å². The molecule has 2 aromatic rings. The summed E-state index contributed by atoms with van der Waals surface area (Å²) in [5, 5.41) is 3.89. The summed E-state index contributed by atoms with van der Waals surface area (Å²) in [4.78, 5) is 28.4. The number of amides is 1. The number of nitrogens with two attached hydrogens (primary N) is 1. The molecule has 144 valence electrons. The third-order valence-corrected chi connectivity index (χ3v) is 6.84. The van der Waals surface area contributed by atoms with Gasteiger partial charge in [0.15, 0.2) is 10.2 Å². The van der Waals surface area contributed by atoms with Crippen LogP contribution >= 0.6 is 23.1 Å². The first kappa shape index (κ1) is 18.9. The van der Waals surface area contributed by atoms with Crippen molar-refractivity contribution in [2.45, 2.75) is 38.1 Å². The number of carbonyl (C=O) groups is 1. The average Bonchev–Trinajstić information content (AvgIpc) is 3.07. The van der Waals surface area contributed by atoms with Crippen molar-refractivity contribution in [2.24, 2.45) is 10.7 Å². The third kappa shape index (κ3) is 3.62. The van der Waals surface area contributed by atoms with Gasteiger partial charge in [0.2, 0.25) is 0 Å². The van der Waals surface area contributed by atoms with Gasteiger partial charge in [-0.3, -0.25) is 9.78 Å². The summed E-state index contributed by atoms with van der Waals surface area (Å²) >= 11 is 2.85. The highest BCUT2D eigenvalue weighted by Crippen LogP contribution is 2.40. The third-order valence-electron chi connectivity index (χ3n) is 4.81. The van der Waals surface area contributed by atoms with E-state index in [9.17, 15) is 4.79 Å². The number of anilines is 1. The van der Waals surface area contributed by atoms with E-state index >= 15 is 0 Å². The average molecular weight is 412 g/mol. The van der Waals surface area contributed by atoms with E-state index in [0.717, 1.165) is 22.7 Å². The fourth-order valence-electron chi connectivity index (χ4n) is 3.41. The molecular formula is C20H21N5OS2. The number of rotatable bonds is 3. The first-order valence-corrected chi connectivity index (χ1v) is 10.6. The van der Waals surface area contributed by atoms with Crippen molar-refractivity contribution in [3.8, 4) is 0 Å². The molecule has 1 amide bonds. The molecule has 2 aromatic heterocycles. The monoisotopic (exact) mass is 411 g/mol. The molecule has 4 rings (SSSR count). The predicted molar refractivity (Wildman–Crippen MR) is 117 cm³/mol. The van der Waals surface area contributed by atoms with Crippen LogP contribution < -0.4 is 11.1 Å². The number of pyridine rings is 1. The maximum absolute atomic E-state index is 12.7. The summed E-state index contributed by atoms with van der Waals surface area (Å²) in [6.07, 6.45) is 7.39. The number of carbonyl (C=O) groups excluding carboxylic acids is 1. The second-order valence-corrected chi connectivity index (χ2v) is 9.46. The Morgan fingerprint density at radius 3 is 3.04 bits per heavy atom. The zero-order chi connectivity index (χ0) is 19.9. The van der Waals surface area contributed by atoms with Crippen molar-refractivity contribution >= 4 is 45.9 Å². The van der Waals surface area contributed by atoms with E-state index in [2.05, 4.69) is 39.9 Å². The quantitative estimate of drug-likeness (QED) is 0.776. The molecule has 8 heteroatoms. The van der Waals surface area contributed by atoms with Crippen molar-refractivity contribution < 1.29 is 4.79 Å². The van der Waals surface area contributed by atoms with Gasteiger partial charge in [-0.25, -0.2) is 9.98 Å². The van der Waals surface area contributed by atoms with E-state index in [-0.39, 0.29) is 5.91 Å². The molecule has 0 saturated heterocycles. The van der Waals surface area contributed by atoms with Crippen LogP contribution in [-0.4, -0.2) is 21.0 Å². The van der Waals surface area contributed by atoms with Crippen LogP contribution in [0.5, 0.6) is 0 Å². The molecule has 6 nitrogen and oxygen atoms in total. The largest absolute Gasteiger partial charge is 0.378 e. The van der Waals surface area contributed by atoms with Crippen LogP contribution in [0.4, 0.5) is 5.69 Å². The summed E-state index contributed by atoms with van der Waals surface area (Å²) in [5.74, 6) is 0.182. The first-order valence-electron chi connectivity index (χ1n) is 9.00. The van der Waals surface area contributed by atoms with Crippen molar-refractivity contribution in [3.05, 3.63) is 57.2 Å². The first-order chi connectivity index (χ1) is 13.3. The molecule has 0 saturated carbocycles. The van der Waals surface area contributed by atoms with E-state index in [1.807, 2.05) is 19.1 Å². The molecule has 3 N–H and O–H groups in total. The van der Waals surface area contributed by atoms with Crippen LogP contribution in [0.1, 0.15) is 58.7 Å². The normalized spacial score (nSPS) is 23.9. The lowest BCUT2D eigenvalue weighted by molar-refractivity contribution is 0.102. The molecule has 0 bridgehead atoms. The number of allylic oxidation sites excluding steroid dienone is 1. The highest BCUT2D eigenvalue weighted by molar-refractivity contribution is 8.17. The molecule has 0 radical (unpaired) electrons. The summed E-state index contributed by atoms with van der Waals surface area (Å²) < 4.78 is 0. The van der Waals surface area contributed by atoms with Gasteiger partial charge in [0, 0.05) is 23.2 Å². The Kier molecular flexibility index (Phi) is 4.84. The van der Waals surface area contributed by atoms with Crippen LogP contribution in [0.15, 0.2) is 40.9 Å². The molecule has 1 aliphatic heterocycles. The van der Waals surface area contributed by atoms with Gasteiger partial charge < -0.3 is 11.1 Å². The van der Waals surface area contributed by atoms with Crippen LogP contribution in [0.2, 0.25) is 0 Å². The van der Waals surface area contributed by atoms with E-state index in [4.69, 9.17) is 5.73 Å². The number of hydrogen-bond donors (Lipinski definition) is 2. The maximum Gasteiger partial charge on any atom is 0.284 e. The topological polar surface area (TPSA) is 93.3 Å². The number of nitrogens with zero attached hydrogens (tertiary/aromatic N) is 3. The highest BCUT2D eigenvalue weighted by Gasteiger charge is 2.33. The van der Waals surface area contributed by atoms with E-state index < -0.39 is 5.54 Å². The molecule has 2 aliphatic rings. The van der Waals surface area contributed by atoms with Crippen molar-refractivity contribution in [1.29, 1.82) is 0 Å². The zero-order valence-corrected chi connectivity index (χ0v) is 17.4. The molecule has 2 atom stereocenters. The molecular weight excluding hydrogens is 390 g/mol. The van der Waals surface area contributed by atoms with Crippen LogP contribution in [-0.2, 0) is 5.54 Å². The highest BCUT2D eigenvalue weighted by atomic mass is 32.2. The van der Waals surface area contributed by atoms with Crippen molar-refractivity contribution in [2.75, 3.05) is 5.32 Å². The van der Waals surface area contributed by atoms with E-state index in [1.165, 1.54) is 28.0 Å². The predicted octanol–water partition coefficient (Wildman–Crippen LogP) is 4.49. The fraction of sp³-hybridized carbons (Fsp3) is 0.300. The smallest absolute Gasteiger partial charge is 0.284 e. The van der Waals surface area contributed by atoms with Gasteiger partial charge in [-0.1, -0.05) is 31.3 Å². The number of thioether (sulfide) groups is 1. The summed E-state index contributed by atoms with van der Waals surface area (Å²) in [7, 11) is 0. The van der Waals surface area contributed by atoms with Gasteiger partial charge in [0.1, 0.15) is 5.54 Å². The SMILES string of the molecule is C=C1CC(C)(c2cc(NC(=O)c3nc4c(s3)C(C)CC=C4)ccn2)N=C(N)S1. The van der Waals surface area contributed by atoms with Crippen molar-refractivity contribution in [3.63, 3.8) is 0 Å². The Bertz CT molecular complexity index is 1030. The Morgan fingerprint density at radius 1 is 1.46 bits per heavy atom. The van der Waals surface area contributed by atoms with Crippen LogP contribution in [0, 0.1) is 0 Å². The lowest BCUT2D eigenvalue weighted by Crippen LogP contribution is -2.28. The Labute approximate surface area is 172 Å². The minimum Gasteiger partial charge on any atom is -0.378 e. The number of aliphatic imine (C=N–C) groups is 1. The molecule has 2 unspecified atom stereocenters.